The van der Waals surface area contributed by atoms with Crippen molar-refractivity contribution in [3.05, 3.63) is 47.7 Å². The van der Waals surface area contributed by atoms with Gasteiger partial charge in [-0.15, -0.1) is 0 Å². The van der Waals surface area contributed by atoms with Gasteiger partial charge in [-0.1, -0.05) is 6.42 Å². The maximum atomic E-state index is 15.3. The third kappa shape index (κ3) is 5.22. The normalized spacial score (nSPS) is 26.2. The summed E-state index contributed by atoms with van der Waals surface area (Å²) >= 11 is 0. The number of aliphatic imine (C=N–C) groups is 1. The molecule has 40 heavy (non-hydrogen) atoms. The van der Waals surface area contributed by atoms with E-state index in [4.69, 9.17) is 5.73 Å². The Balaban J connectivity index is 1.60. The monoisotopic (exact) mass is 588 g/mol. The van der Waals surface area contributed by atoms with Crippen LogP contribution in [-0.2, 0) is 15.3 Å². The molecule has 9 nitrogen and oxygen atoms in total. The van der Waals surface area contributed by atoms with Crippen LogP contribution in [0, 0.1) is 5.82 Å². The molecule has 4 rings (SSSR count). The Morgan fingerprint density at radius 1 is 1.23 bits per heavy atom. The van der Waals surface area contributed by atoms with E-state index in [1.54, 1.807) is 20.8 Å². The van der Waals surface area contributed by atoms with Gasteiger partial charge in [0.15, 0.2) is 6.61 Å². The summed E-state index contributed by atoms with van der Waals surface area (Å²) in [6.45, 7) is 3.85. The number of carbonyl (C=O) groups excluding carboxylic acids is 1. The molecule has 0 radical (unpaired) electrons. The van der Waals surface area contributed by atoms with Gasteiger partial charge in [-0.25, -0.2) is 31.7 Å². The van der Waals surface area contributed by atoms with Crippen LogP contribution in [0.15, 0.2) is 39.8 Å². The van der Waals surface area contributed by atoms with Crippen molar-refractivity contribution in [3.63, 3.8) is 0 Å². The molecule has 4 heterocycles. The van der Waals surface area contributed by atoms with E-state index in [1.165, 1.54) is 6.07 Å². The number of anilines is 1. The number of amides is 1. The highest BCUT2D eigenvalue weighted by Crippen LogP contribution is 2.46. The second-order valence-electron chi connectivity index (χ2n) is 10.3. The molecular weight excluding hydrogens is 559 g/mol. The number of hydrogen-bond acceptors (Lipinski definition) is 8. The standard InChI is InChI=1S/C25H29F5N6O3S/c1-23(2)22(31)36-24(3,17-6-4-5-11-33-40(17,23)38)19-15(26)8-10-18(34-19)35-20(37)16-9-7-14(12-32-16)39-13-25(29,30)21(27)28/h7-10,12,17,21H,4-6,11,13H2,1-3H3,(H2,31,36)(H,34,35,37)/t17-,24+,40-/m1/s1. The van der Waals surface area contributed by atoms with Gasteiger partial charge in [-0.2, -0.15) is 8.78 Å². The number of hydrogen-bond donors (Lipinski definition) is 2. The number of ether oxygens (including phenoxy) is 1. The van der Waals surface area contributed by atoms with E-state index in [-0.39, 0.29) is 28.8 Å². The Morgan fingerprint density at radius 2 is 1.95 bits per heavy atom. The van der Waals surface area contributed by atoms with Gasteiger partial charge >= 0.3 is 12.3 Å². The maximum absolute atomic E-state index is 15.3. The number of aromatic nitrogens is 2. The minimum atomic E-state index is -4.35. The van der Waals surface area contributed by atoms with Crippen molar-refractivity contribution >= 4 is 27.3 Å². The van der Waals surface area contributed by atoms with Gasteiger partial charge in [-0.3, -0.25) is 9.79 Å². The summed E-state index contributed by atoms with van der Waals surface area (Å²) in [5, 5.41) is 1.79. The van der Waals surface area contributed by atoms with Crippen molar-refractivity contribution in [2.24, 2.45) is 15.1 Å². The first-order chi connectivity index (χ1) is 18.6. The summed E-state index contributed by atoms with van der Waals surface area (Å²) in [5.74, 6) is -6.10. The number of nitrogens with two attached hydrogens (primary N) is 1. The number of nitrogens with zero attached hydrogens (tertiary/aromatic N) is 4. The molecule has 0 bridgehead atoms. The number of alkyl halides is 4. The Kier molecular flexibility index (Phi) is 7.82. The fourth-order valence-electron chi connectivity index (χ4n) is 4.70. The van der Waals surface area contributed by atoms with E-state index in [2.05, 4.69) is 29.4 Å². The summed E-state index contributed by atoms with van der Waals surface area (Å²) < 4.78 is 88.5. The molecule has 0 aromatic carbocycles. The van der Waals surface area contributed by atoms with Crippen LogP contribution in [0.25, 0.3) is 0 Å². The highest BCUT2D eigenvalue weighted by atomic mass is 32.2. The third-order valence-electron chi connectivity index (χ3n) is 7.16. The van der Waals surface area contributed by atoms with Gasteiger partial charge in [0.25, 0.3) is 5.91 Å². The average molecular weight is 589 g/mol. The zero-order chi connectivity index (χ0) is 29.5. The zero-order valence-electron chi connectivity index (χ0n) is 22.0. The smallest absolute Gasteiger partial charge is 0.340 e. The van der Waals surface area contributed by atoms with Gasteiger partial charge in [0.05, 0.1) is 21.2 Å². The minimum absolute atomic E-state index is 0.0583. The molecule has 1 amide bonds. The van der Waals surface area contributed by atoms with Crippen LogP contribution in [-0.4, -0.2) is 61.4 Å². The lowest BCUT2D eigenvalue weighted by Gasteiger charge is -2.45. The zero-order valence-corrected chi connectivity index (χ0v) is 22.8. The van der Waals surface area contributed by atoms with Crippen LogP contribution in [0.4, 0.5) is 27.8 Å². The topological polar surface area (TPSA) is 132 Å². The lowest BCUT2D eigenvalue weighted by atomic mass is 9.88. The molecule has 0 unspecified atom stereocenters. The lowest BCUT2D eigenvalue weighted by molar-refractivity contribution is -0.148. The number of amidine groups is 1. The molecule has 3 N–H and O–H groups in total. The van der Waals surface area contributed by atoms with Crippen LogP contribution in [0.5, 0.6) is 5.75 Å². The van der Waals surface area contributed by atoms with Crippen molar-refractivity contribution in [3.8, 4) is 5.75 Å². The fraction of sp³-hybridized carbons (Fsp3) is 0.520. The van der Waals surface area contributed by atoms with Crippen LogP contribution in [0.1, 0.15) is 56.2 Å². The van der Waals surface area contributed by atoms with Crippen LogP contribution >= 0.6 is 0 Å². The molecule has 0 spiro atoms. The van der Waals surface area contributed by atoms with Crippen molar-refractivity contribution in [2.75, 3.05) is 18.5 Å². The van der Waals surface area contributed by atoms with Crippen LogP contribution < -0.4 is 15.8 Å². The van der Waals surface area contributed by atoms with E-state index < -0.39 is 55.9 Å². The summed E-state index contributed by atoms with van der Waals surface area (Å²) in [7, 11) is -3.01. The summed E-state index contributed by atoms with van der Waals surface area (Å²) in [6.07, 6.45) is -1.09. The number of carbonyl (C=O) groups is 1. The second-order valence-corrected chi connectivity index (χ2v) is 13.3. The number of rotatable bonds is 7. The summed E-state index contributed by atoms with van der Waals surface area (Å²) in [4.78, 5) is 25.5. The molecule has 2 aliphatic heterocycles. The molecule has 218 valence electrons. The van der Waals surface area contributed by atoms with E-state index in [0.29, 0.717) is 19.4 Å². The number of fused-ring (bicyclic) bond motifs is 1. The second kappa shape index (κ2) is 10.6. The van der Waals surface area contributed by atoms with E-state index in [1.807, 2.05) is 0 Å². The maximum Gasteiger partial charge on any atom is 0.340 e. The Labute approximate surface area is 228 Å². The Bertz CT molecular complexity index is 1440. The van der Waals surface area contributed by atoms with Gasteiger partial charge < -0.3 is 15.8 Å². The fourth-order valence-corrected chi connectivity index (χ4v) is 7.93. The molecular formula is C25H29F5N6O3S. The Hall–Kier alpha value is -3.36. The first-order valence-electron chi connectivity index (χ1n) is 12.4. The molecule has 0 fully saturated rings. The lowest BCUT2D eigenvalue weighted by Crippen LogP contribution is -2.59. The van der Waals surface area contributed by atoms with Crippen molar-refractivity contribution in [1.82, 2.24) is 9.97 Å². The first kappa shape index (κ1) is 29.6. The number of pyridine rings is 2. The highest BCUT2D eigenvalue weighted by molar-refractivity contribution is 7.96. The van der Waals surface area contributed by atoms with Crippen LogP contribution in [0.2, 0.25) is 0 Å². The van der Waals surface area contributed by atoms with Crippen molar-refractivity contribution in [1.29, 1.82) is 0 Å². The highest BCUT2D eigenvalue weighted by Gasteiger charge is 2.56. The molecule has 2 aliphatic rings. The van der Waals surface area contributed by atoms with Crippen LogP contribution in [0.3, 0.4) is 0 Å². The molecule has 3 atom stereocenters. The van der Waals surface area contributed by atoms with Crippen molar-refractivity contribution in [2.45, 2.75) is 67.9 Å². The first-order valence-corrected chi connectivity index (χ1v) is 14.0. The predicted molar refractivity (Wildman–Crippen MR) is 139 cm³/mol. The predicted octanol–water partition coefficient (Wildman–Crippen LogP) is 4.53. The van der Waals surface area contributed by atoms with Crippen molar-refractivity contribution < 1.29 is 35.7 Å². The molecule has 2 aromatic heterocycles. The average Bonchev–Trinajstić information content (AvgIpc) is 3.11. The van der Waals surface area contributed by atoms with Gasteiger partial charge in [-0.05, 0) is 57.9 Å². The molecule has 2 aromatic rings. The van der Waals surface area contributed by atoms with Gasteiger partial charge in [0.2, 0.25) is 0 Å². The van der Waals surface area contributed by atoms with E-state index in [0.717, 1.165) is 30.8 Å². The largest absolute Gasteiger partial charge is 0.485 e. The van der Waals surface area contributed by atoms with Gasteiger partial charge in [0.1, 0.15) is 44.9 Å². The summed E-state index contributed by atoms with van der Waals surface area (Å²) in [6, 6.07) is 4.56. The molecule has 0 saturated heterocycles. The Morgan fingerprint density at radius 3 is 2.60 bits per heavy atom. The third-order valence-corrected chi connectivity index (χ3v) is 10.9. The number of nitrogens with one attached hydrogen (secondary N) is 1. The van der Waals surface area contributed by atoms with E-state index in [9.17, 15) is 26.6 Å². The number of halogens is 5. The summed E-state index contributed by atoms with van der Waals surface area (Å²) in [5.41, 5.74) is 4.50. The molecule has 0 saturated carbocycles. The quantitative estimate of drug-likeness (QED) is 0.457. The minimum Gasteiger partial charge on any atom is -0.485 e. The van der Waals surface area contributed by atoms with E-state index >= 15 is 4.39 Å². The SMILES string of the molecule is CC1(C)C(N)=N[C@](C)(c2nc(NC(=O)c3ccc(OCC(F)(F)C(F)F)cn3)ccc2F)[C@H]2CCCCN=[S@@]21=O. The molecule has 15 heteroatoms. The molecule has 0 aliphatic carbocycles. The van der Waals surface area contributed by atoms with Gasteiger partial charge in [0, 0.05) is 6.54 Å².